The van der Waals surface area contributed by atoms with E-state index in [-0.39, 0.29) is 0 Å². The summed E-state index contributed by atoms with van der Waals surface area (Å²) in [5.41, 5.74) is 2.16. The van der Waals surface area contributed by atoms with Crippen molar-refractivity contribution in [1.29, 1.82) is 0 Å². The van der Waals surface area contributed by atoms with E-state index in [4.69, 9.17) is 0 Å². The Kier molecular flexibility index (Phi) is 3.83. The monoisotopic (exact) mass is 173 g/mol. The Bertz CT molecular complexity index is 285. The smallest absolute Gasteiger partial charge is 0.0384 e. The second kappa shape index (κ2) is 5.20. The molecule has 0 aliphatic heterocycles. The molecule has 0 aliphatic carbocycles. The number of allylic oxidation sites excluding steroid dienone is 2. The van der Waals surface area contributed by atoms with Gasteiger partial charge in [0.15, 0.2) is 0 Å². The summed E-state index contributed by atoms with van der Waals surface area (Å²) in [5.74, 6) is 0. The molecule has 0 saturated carbocycles. The Labute approximate surface area is 79.8 Å². The van der Waals surface area contributed by atoms with Crippen LogP contribution in [0.4, 0.5) is 5.69 Å². The normalized spacial score (nSPS) is 11.0. The van der Waals surface area contributed by atoms with Gasteiger partial charge < -0.3 is 5.32 Å². The zero-order valence-electron chi connectivity index (χ0n) is 7.96. The topological polar surface area (TPSA) is 12.0 Å². The third-order valence-electron chi connectivity index (χ3n) is 1.71. The zero-order valence-corrected chi connectivity index (χ0v) is 7.96. The van der Waals surface area contributed by atoms with Crippen molar-refractivity contribution in [3.8, 4) is 0 Å². The van der Waals surface area contributed by atoms with Crippen LogP contribution in [-0.4, -0.2) is 0 Å². The molecule has 1 nitrogen and oxygen atoms in total. The molecule has 0 fully saturated rings. The first-order valence-electron chi connectivity index (χ1n) is 4.51. The average Bonchev–Trinajstić information content (AvgIpc) is 2.19. The Morgan fingerprint density at radius 3 is 2.62 bits per heavy atom. The number of anilines is 1. The Morgan fingerprint density at radius 1 is 1.38 bits per heavy atom. The number of nitrogens with one attached hydrogen (secondary N) is 1. The van der Waals surface area contributed by atoms with E-state index in [1.807, 2.05) is 36.4 Å². The standard InChI is InChI=1S/C12H15N/c1-3-8-11(4-2)13-12-9-6-5-7-10-12/h4-10,13H,2-3H2,1H3/b11-8+. The SMILES string of the molecule is C=C/C(=C\CC)Nc1ccccc1. The van der Waals surface area contributed by atoms with Gasteiger partial charge in [0, 0.05) is 11.4 Å². The summed E-state index contributed by atoms with van der Waals surface area (Å²) >= 11 is 0. The number of hydrogen-bond acceptors (Lipinski definition) is 1. The predicted octanol–water partition coefficient (Wildman–Crippen LogP) is 3.58. The van der Waals surface area contributed by atoms with Crippen LogP contribution >= 0.6 is 0 Å². The van der Waals surface area contributed by atoms with Gasteiger partial charge in [0.25, 0.3) is 0 Å². The second-order valence-electron chi connectivity index (χ2n) is 2.76. The minimum atomic E-state index is 1.02. The molecule has 13 heavy (non-hydrogen) atoms. The molecular weight excluding hydrogens is 158 g/mol. The van der Waals surface area contributed by atoms with E-state index >= 15 is 0 Å². The van der Waals surface area contributed by atoms with Gasteiger partial charge in [0.2, 0.25) is 0 Å². The number of benzene rings is 1. The van der Waals surface area contributed by atoms with Gasteiger partial charge in [-0.15, -0.1) is 0 Å². The van der Waals surface area contributed by atoms with Crippen molar-refractivity contribution in [2.45, 2.75) is 13.3 Å². The highest BCUT2D eigenvalue weighted by Crippen LogP contribution is 2.09. The van der Waals surface area contributed by atoms with Crippen molar-refractivity contribution < 1.29 is 0 Å². The van der Waals surface area contributed by atoms with E-state index < -0.39 is 0 Å². The molecule has 0 heterocycles. The van der Waals surface area contributed by atoms with Crippen LogP contribution in [0.15, 0.2) is 54.8 Å². The van der Waals surface area contributed by atoms with Crippen LogP contribution < -0.4 is 5.32 Å². The van der Waals surface area contributed by atoms with Crippen LogP contribution in [0.25, 0.3) is 0 Å². The number of hydrogen-bond donors (Lipinski definition) is 1. The van der Waals surface area contributed by atoms with Gasteiger partial charge in [-0.25, -0.2) is 0 Å². The van der Waals surface area contributed by atoms with Crippen molar-refractivity contribution in [1.82, 2.24) is 0 Å². The molecule has 68 valence electrons. The van der Waals surface area contributed by atoms with Crippen molar-refractivity contribution in [3.05, 3.63) is 54.8 Å². The molecule has 0 aliphatic rings. The summed E-state index contributed by atoms with van der Waals surface area (Å²) in [6, 6.07) is 10.1. The molecule has 1 rings (SSSR count). The maximum absolute atomic E-state index is 3.75. The van der Waals surface area contributed by atoms with Crippen LogP contribution in [0, 0.1) is 0 Å². The maximum Gasteiger partial charge on any atom is 0.0384 e. The summed E-state index contributed by atoms with van der Waals surface area (Å²) in [7, 11) is 0. The van der Waals surface area contributed by atoms with Crippen molar-refractivity contribution in [3.63, 3.8) is 0 Å². The summed E-state index contributed by atoms with van der Waals surface area (Å²) in [6.07, 6.45) is 4.96. The van der Waals surface area contributed by atoms with Gasteiger partial charge in [-0.1, -0.05) is 37.8 Å². The van der Waals surface area contributed by atoms with E-state index in [1.165, 1.54) is 0 Å². The summed E-state index contributed by atoms with van der Waals surface area (Å²) in [4.78, 5) is 0. The first-order chi connectivity index (χ1) is 6.36. The molecule has 1 N–H and O–H groups in total. The third-order valence-corrected chi connectivity index (χ3v) is 1.71. The maximum atomic E-state index is 3.75. The van der Waals surface area contributed by atoms with Gasteiger partial charge in [0.1, 0.15) is 0 Å². The van der Waals surface area contributed by atoms with Gasteiger partial charge in [-0.3, -0.25) is 0 Å². The highest BCUT2D eigenvalue weighted by Gasteiger charge is 1.90. The lowest BCUT2D eigenvalue weighted by molar-refractivity contribution is 1.20. The molecule has 0 atom stereocenters. The second-order valence-corrected chi connectivity index (χ2v) is 2.76. The van der Waals surface area contributed by atoms with E-state index in [2.05, 4.69) is 24.9 Å². The van der Waals surface area contributed by atoms with E-state index in [1.54, 1.807) is 0 Å². The fourth-order valence-corrected chi connectivity index (χ4v) is 1.09. The Balaban J connectivity index is 2.68. The Morgan fingerprint density at radius 2 is 2.08 bits per heavy atom. The molecule has 0 saturated heterocycles. The molecule has 0 aromatic heterocycles. The van der Waals surface area contributed by atoms with Crippen molar-refractivity contribution >= 4 is 5.69 Å². The zero-order chi connectivity index (χ0) is 9.52. The minimum Gasteiger partial charge on any atom is -0.356 e. The average molecular weight is 173 g/mol. The molecule has 0 bridgehead atoms. The highest BCUT2D eigenvalue weighted by atomic mass is 14.9. The lowest BCUT2D eigenvalue weighted by atomic mass is 10.3. The fraction of sp³-hybridized carbons (Fsp3) is 0.167. The summed E-state index contributed by atoms with van der Waals surface area (Å²) in [5, 5.41) is 3.27. The number of para-hydroxylation sites is 1. The predicted molar refractivity (Wildman–Crippen MR) is 58.6 cm³/mol. The van der Waals surface area contributed by atoms with Gasteiger partial charge in [-0.2, -0.15) is 0 Å². The van der Waals surface area contributed by atoms with Crippen molar-refractivity contribution in [2.75, 3.05) is 5.32 Å². The summed E-state index contributed by atoms with van der Waals surface area (Å²) in [6.45, 7) is 5.85. The van der Waals surface area contributed by atoms with E-state index in [0.717, 1.165) is 17.8 Å². The lowest BCUT2D eigenvalue weighted by Gasteiger charge is -2.05. The molecule has 0 radical (unpaired) electrons. The molecule has 1 heteroatoms. The minimum absolute atomic E-state index is 1.02. The first-order valence-corrected chi connectivity index (χ1v) is 4.51. The molecule has 1 aromatic rings. The van der Waals surface area contributed by atoms with Gasteiger partial charge in [-0.05, 0) is 24.6 Å². The van der Waals surface area contributed by atoms with E-state index in [9.17, 15) is 0 Å². The van der Waals surface area contributed by atoms with Crippen LogP contribution in [0.5, 0.6) is 0 Å². The Hall–Kier alpha value is -1.50. The van der Waals surface area contributed by atoms with Gasteiger partial charge >= 0.3 is 0 Å². The van der Waals surface area contributed by atoms with Crippen LogP contribution in [-0.2, 0) is 0 Å². The first kappa shape index (κ1) is 9.59. The van der Waals surface area contributed by atoms with Crippen molar-refractivity contribution in [2.24, 2.45) is 0 Å². The van der Waals surface area contributed by atoms with E-state index in [0.29, 0.717) is 0 Å². The fourth-order valence-electron chi connectivity index (χ4n) is 1.09. The largest absolute Gasteiger partial charge is 0.356 e. The summed E-state index contributed by atoms with van der Waals surface area (Å²) < 4.78 is 0. The third kappa shape index (κ3) is 3.16. The molecule has 0 spiro atoms. The number of rotatable bonds is 4. The van der Waals surface area contributed by atoms with Crippen LogP contribution in [0.2, 0.25) is 0 Å². The highest BCUT2D eigenvalue weighted by molar-refractivity contribution is 5.50. The lowest BCUT2D eigenvalue weighted by Crippen LogP contribution is -1.95. The van der Waals surface area contributed by atoms with Crippen LogP contribution in [0.1, 0.15) is 13.3 Å². The molecular formula is C12H15N. The molecule has 0 unspecified atom stereocenters. The van der Waals surface area contributed by atoms with Crippen LogP contribution in [0.3, 0.4) is 0 Å². The van der Waals surface area contributed by atoms with Gasteiger partial charge in [0.05, 0.1) is 0 Å². The molecule has 1 aromatic carbocycles. The quantitative estimate of drug-likeness (QED) is 0.686. The molecule has 0 amide bonds.